The Morgan fingerprint density at radius 3 is 2.11 bits per heavy atom. The van der Waals surface area contributed by atoms with Gasteiger partial charge in [0.25, 0.3) is 0 Å². The number of fused-ring (bicyclic) bond motifs is 1. The molecular weight excluding hydrogens is 585 g/mol. The third-order valence-electron chi connectivity index (χ3n) is 13.4. The maximum atomic E-state index is 10.5. The lowest BCUT2D eigenvalue weighted by Gasteiger charge is -2.50. The van der Waals surface area contributed by atoms with Gasteiger partial charge in [-0.1, -0.05) is 91.8 Å². The average Bonchev–Trinajstić information content (AvgIpc) is 3.67. The standard InChI is InChI=1S/C40H70O3Si2/c1-28(17-24-35(41)31-19-20-31)33-22-23-34-30(16-15-25-40(33,34)10)18-21-32-26-39(9,43-45(13,14)38(6,7)8)27-36(29(32)2)42-44(11,12)37(3,4)5/h17-18,21,24,28,31,33-36,41H,2,15-16,19-20,22-23,25-27H2,1,3-14H3/t28-,33-,34+,35-,36+,39-,40-/m1/s1. The molecule has 4 aliphatic carbocycles. The molecule has 0 aliphatic heterocycles. The molecule has 5 heteroatoms. The molecule has 256 valence electrons. The Morgan fingerprint density at radius 2 is 1.53 bits per heavy atom. The molecule has 0 saturated heterocycles. The van der Waals surface area contributed by atoms with E-state index in [1.807, 2.05) is 0 Å². The molecule has 45 heavy (non-hydrogen) atoms. The summed E-state index contributed by atoms with van der Waals surface area (Å²) in [4.78, 5) is 0. The fourth-order valence-electron chi connectivity index (χ4n) is 8.34. The van der Waals surface area contributed by atoms with Crippen LogP contribution >= 0.6 is 0 Å². The topological polar surface area (TPSA) is 38.7 Å². The second kappa shape index (κ2) is 13.0. The Hall–Kier alpha value is -0.726. The quantitative estimate of drug-likeness (QED) is 0.199. The average molecular weight is 655 g/mol. The van der Waals surface area contributed by atoms with Gasteiger partial charge in [-0.15, -0.1) is 0 Å². The van der Waals surface area contributed by atoms with Crippen molar-refractivity contribution in [1.82, 2.24) is 0 Å². The van der Waals surface area contributed by atoms with Crippen LogP contribution in [0.3, 0.4) is 0 Å². The molecule has 4 saturated carbocycles. The molecule has 4 fully saturated rings. The van der Waals surface area contributed by atoms with Gasteiger partial charge in [0.2, 0.25) is 0 Å². The van der Waals surface area contributed by atoms with Crippen LogP contribution in [0, 0.1) is 29.1 Å². The molecule has 4 rings (SSSR count). The minimum absolute atomic E-state index is 0.00910. The smallest absolute Gasteiger partial charge is 0.192 e. The maximum absolute atomic E-state index is 10.5. The summed E-state index contributed by atoms with van der Waals surface area (Å²) in [5.74, 6) is 2.33. The first-order valence-corrected chi connectivity index (χ1v) is 24.1. The normalized spacial score (nSPS) is 35.3. The molecule has 0 bridgehead atoms. The first-order chi connectivity index (χ1) is 20.5. The molecular formula is C40H70O3Si2. The highest BCUT2D eigenvalue weighted by atomic mass is 28.4. The van der Waals surface area contributed by atoms with Gasteiger partial charge in [-0.2, -0.15) is 0 Å². The lowest BCUT2D eigenvalue weighted by atomic mass is 9.61. The Balaban J connectivity index is 1.61. The zero-order valence-electron chi connectivity index (χ0n) is 31.6. The van der Waals surface area contributed by atoms with Gasteiger partial charge in [0, 0.05) is 12.8 Å². The van der Waals surface area contributed by atoms with Gasteiger partial charge in [0.1, 0.15) is 0 Å². The van der Waals surface area contributed by atoms with Crippen molar-refractivity contribution < 1.29 is 14.0 Å². The molecule has 0 aromatic carbocycles. The highest BCUT2D eigenvalue weighted by Gasteiger charge is 2.51. The van der Waals surface area contributed by atoms with E-state index < -0.39 is 16.6 Å². The number of allylic oxidation sites excluding steroid dienone is 4. The van der Waals surface area contributed by atoms with Crippen LogP contribution in [0.1, 0.15) is 120 Å². The molecule has 0 radical (unpaired) electrons. The number of hydrogen-bond donors (Lipinski definition) is 1. The monoisotopic (exact) mass is 654 g/mol. The zero-order valence-corrected chi connectivity index (χ0v) is 33.6. The van der Waals surface area contributed by atoms with Crippen LogP contribution in [0.25, 0.3) is 0 Å². The van der Waals surface area contributed by atoms with E-state index in [1.54, 1.807) is 5.57 Å². The lowest BCUT2D eigenvalue weighted by molar-refractivity contribution is 0.0172. The van der Waals surface area contributed by atoms with Gasteiger partial charge in [-0.05, 0) is 128 Å². The van der Waals surface area contributed by atoms with E-state index in [-0.39, 0.29) is 27.9 Å². The summed E-state index contributed by atoms with van der Waals surface area (Å²) in [6.07, 6.45) is 19.6. The van der Waals surface area contributed by atoms with Crippen molar-refractivity contribution in [3.8, 4) is 0 Å². The van der Waals surface area contributed by atoms with Gasteiger partial charge < -0.3 is 14.0 Å². The summed E-state index contributed by atoms with van der Waals surface area (Å²) in [6.45, 7) is 35.6. The van der Waals surface area contributed by atoms with Crippen LogP contribution in [0.2, 0.25) is 36.3 Å². The largest absolute Gasteiger partial charge is 0.411 e. The zero-order chi connectivity index (χ0) is 33.8. The van der Waals surface area contributed by atoms with E-state index in [1.165, 1.54) is 56.1 Å². The van der Waals surface area contributed by atoms with Crippen molar-refractivity contribution in [3.05, 3.63) is 47.6 Å². The predicted molar refractivity (Wildman–Crippen MR) is 199 cm³/mol. The predicted octanol–water partition coefficient (Wildman–Crippen LogP) is 11.5. The molecule has 0 amide bonds. The van der Waals surface area contributed by atoms with Crippen molar-refractivity contribution in [2.24, 2.45) is 29.1 Å². The summed E-state index contributed by atoms with van der Waals surface area (Å²) >= 11 is 0. The lowest BCUT2D eigenvalue weighted by Crippen LogP contribution is -2.53. The summed E-state index contributed by atoms with van der Waals surface area (Å²) in [6, 6.07) is 0. The van der Waals surface area contributed by atoms with E-state index in [9.17, 15) is 5.11 Å². The minimum atomic E-state index is -2.01. The molecule has 0 spiro atoms. The van der Waals surface area contributed by atoms with Crippen molar-refractivity contribution in [2.45, 2.75) is 174 Å². The van der Waals surface area contributed by atoms with E-state index in [2.05, 4.69) is 113 Å². The number of aliphatic hydroxyl groups is 1. The number of aliphatic hydroxyl groups excluding tert-OH is 1. The summed E-state index contributed by atoms with van der Waals surface area (Å²) < 4.78 is 14.4. The Morgan fingerprint density at radius 1 is 0.911 bits per heavy atom. The van der Waals surface area contributed by atoms with Crippen LogP contribution in [-0.2, 0) is 8.85 Å². The fraction of sp³-hybridized carbons (Fsp3) is 0.800. The first-order valence-electron chi connectivity index (χ1n) is 18.3. The molecule has 7 atom stereocenters. The van der Waals surface area contributed by atoms with Gasteiger partial charge in [-0.25, -0.2) is 0 Å². The van der Waals surface area contributed by atoms with Gasteiger partial charge in [0.05, 0.1) is 17.8 Å². The number of hydrogen-bond acceptors (Lipinski definition) is 3. The van der Waals surface area contributed by atoms with Gasteiger partial charge in [-0.3, -0.25) is 0 Å². The summed E-state index contributed by atoms with van der Waals surface area (Å²) in [5, 5.41) is 10.8. The SMILES string of the molecule is C=C1C(=CC=C2CCC[C@]3(C)[C@@H]([C@H](C)C=C[C@@H](O)C4CC4)CC[C@@H]23)C[C@@](C)(O[Si](C)(C)C(C)(C)C)C[C@@H]1O[Si](C)(C)C(C)(C)C. The van der Waals surface area contributed by atoms with E-state index in [0.29, 0.717) is 29.1 Å². The van der Waals surface area contributed by atoms with Crippen molar-refractivity contribution in [1.29, 1.82) is 0 Å². The van der Waals surface area contributed by atoms with Gasteiger partial charge >= 0.3 is 0 Å². The van der Waals surface area contributed by atoms with E-state index >= 15 is 0 Å². The third-order valence-corrected chi connectivity index (χ3v) is 22.5. The molecule has 0 heterocycles. The summed E-state index contributed by atoms with van der Waals surface area (Å²) in [7, 11) is -4.01. The highest BCUT2D eigenvalue weighted by molar-refractivity contribution is 6.74. The Kier molecular flexibility index (Phi) is 10.7. The Labute approximate surface area is 280 Å². The van der Waals surface area contributed by atoms with Crippen LogP contribution in [0.5, 0.6) is 0 Å². The molecule has 0 aromatic rings. The van der Waals surface area contributed by atoms with Crippen LogP contribution in [0.4, 0.5) is 0 Å². The van der Waals surface area contributed by atoms with Crippen LogP contribution in [0.15, 0.2) is 47.6 Å². The molecule has 1 N–H and O–H groups in total. The van der Waals surface area contributed by atoms with Crippen molar-refractivity contribution in [3.63, 3.8) is 0 Å². The van der Waals surface area contributed by atoms with Crippen LogP contribution < -0.4 is 0 Å². The van der Waals surface area contributed by atoms with E-state index in [4.69, 9.17) is 15.4 Å². The Bertz CT molecular complexity index is 1180. The summed E-state index contributed by atoms with van der Waals surface area (Å²) in [5.41, 5.74) is 4.19. The van der Waals surface area contributed by atoms with Crippen molar-refractivity contribution >= 4 is 16.6 Å². The molecule has 3 nitrogen and oxygen atoms in total. The number of rotatable bonds is 9. The fourth-order valence-corrected chi connectivity index (χ4v) is 11.3. The third kappa shape index (κ3) is 8.12. The molecule has 0 unspecified atom stereocenters. The highest BCUT2D eigenvalue weighted by Crippen LogP contribution is 2.60. The minimum Gasteiger partial charge on any atom is -0.411 e. The molecule has 0 aromatic heterocycles. The second-order valence-electron chi connectivity index (χ2n) is 19.2. The molecule has 4 aliphatic rings. The van der Waals surface area contributed by atoms with Crippen LogP contribution in [-0.4, -0.2) is 39.6 Å². The van der Waals surface area contributed by atoms with Gasteiger partial charge in [0.15, 0.2) is 16.6 Å². The second-order valence-corrected chi connectivity index (χ2v) is 28.7. The van der Waals surface area contributed by atoms with Crippen molar-refractivity contribution in [2.75, 3.05) is 0 Å². The van der Waals surface area contributed by atoms with E-state index in [0.717, 1.165) is 12.8 Å². The first kappa shape index (κ1) is 37.1. The maximum Gasteiger partial charge on any atom is 0.192 e.